The highest BCUT2D eigenvalue weighted by molar-refractivity contribution is 5.82. The van der Waals surface area contributed by atoms with E-state index in [1.165, 1.54) is 45.3 Å². The predicted molar refractivity (Wildman–Crippen MR) is 73.3 cm³/mol. The number of hydrogen-bond acceptors (Lipinski definition) is 4. The topological polar surface area (TPSA) is 50.4 Å². The van der Waals surface area contributed by atoms with Crippen molar-refractivity contribution in [3.8, 4) is 0 Å². The van der Waals surface area contributed by atoms with Gasteiger partial charge in [0.1, 0.15) is 0 Å². The lowest BCUT2D eigenvalue weighted by Crippen LogP contribution is -2.33. The molecule has 18 heavy (non-hydrogen) atoms. The van der Waals surface area contributed by atoms with Crippen LogP contribution in [0, 0.1) is 0 Å². The number of esters is 1. The van der Waals surface area contributed by atoms with E-state index in [-0.39, 0.29) is 5.97 Å². The van der Waals surface area contributed by atoms with Gasteiger partial charge >= 0.3 is 5.97 Å². The van der Waals surface area contributed by atoms with Crippen LogP contribution >= 0.6 is 0 Å². The molecule has 0 amide bonds. The van der Waals surface area contributed by atoms with E-state index in [0.29, 0.717) is 0 Å². The lowest BCUT2D eigenvalue weighted by molar-refractivity contribution is -0.134. The molecule has 0 radical (unpaired) electrons. The van der Waals surface area contributed by atoms with Crippen LogP contribution in [0.1, 0.15) is 45.4 Å². The summed E-state index contributed by atoms with van der Waals surface area (Å²) in [6.45, 7) is 3.81. The van der Waals surface area contributed by atoms with Crippen LogP contribution in [-0.4, -0.2) is 32.2 Å². The van der Waals surface area contributed by atoms with Gasteiger partial charge in [-0.3, -0.25) is 0 Å². The van der Waals surface area contributed by atoms with E-state index in [9.17, 15) is 4.79 Å². The minimum absolute atomic E-state index is 0.305. The first kappa shape index (κ1) is 15.0. The third-order valence-electron chi connectivity index (χ3n) is 3.33. The fourth-order valence-electron chi connectivity index (χ4n) is 2.27. The van der Waals surface area contributed by atoms with E-state index in [0.717, 1.165) is 31.2 Å². The zero-order valence-corrected chi connectivity index (χ0v) is 11.6. The molecule has 0 spiro atoms. The highest BCUT2D eigenvalue weighted by Gasteiger charge is 2.11. The summed E-state index contributed by atoms with van der Waals surface area (Å²) in [6.07, 6.45) is 9.35. The first-order chi connectivity index (χ1) is 8.72. The van der Waals surface area contributed by atoms with Gasteiger partial charge in [-0.05, 0) is 32.7 Å². The monoisotopic (exact) mass is 254 g/mol. The number of carbonyl (C=O) groups is 1. The second kappa shape index (κ2) is 8.97. The van der Waals surface area contributed by atoms with E-state index in [2.05, 4.69) is 15.4 Å². The van der Waals surface area contributed by atoms with Crippen molar-refractivity contribution in [3.63, 3.8) is 0 Å². The molecule has 0 atom stereocenters. The molecule has 0 unspecified atom stereocenters. The van der Waals surface area contributed by atoms with Crippen LogP contribution in [0.15, 0.2) is 11.8 Å². The maximum atomic E-state index is 11.0. The second-order valence-corrected chi connectivity index (χ2v) is 4.92. The van der Waals surface area contributed by atoms with E-state index < -0.39 is 0 Å². The average molecular weight is 254 g/mol. The van der Waals surface area contributed by atoms with Gasteiger partial charge in [0.2, 0.25) is 0 Å². The van der Waals surface area contributed by atoms with Crippen LogP contribution < -0.4 is 10.6 Å². The smallest absolute Gasteiger partial charge is 0.332 e. The van der Waals surface area contributed by atoms with Gasteiger partial charge in [0.05, 0.1) is 7.11 Å². The Bertz CT molecular complexity index is 271. The highest BCUT2D eigenvalue weighted by Crippen LogP contribution is 2.17. The molecule has 0 aromatic carbocycles. The van der Waals surface area contributed by atoms with Gasteiger partial charge in [0.15, 0.2) is 0 Å². The van der Waals surface area contributed by atoms with Crippen LogP contribution in [0.25, 0.3) is 0 Å². The summed E-state index contributed by atoms with van der Waals surface area (Å²) in [4.78, 5) is 11.0. The van der Waals surface area contributed by atoms with Crippen molar-refractivity contribution >= 4 is 5.97 Å². The summed E-state index contributed by atoms with van der Waals surface area (Å²) in [5.41, 5.74) is 0.861. The van der Waals surface area contributed by atoms with Gasteiger partial charge in [0.25, 0.3) is 0 Å². The maximum absolute atomic E-state index is 11.0. The van der Waals surface area contributed by atoms with Crippen molar-refractivity contribution < 1.29 is 9.53 Å². The lowest BCUT2D eigenvalue weighted by atomic mass is 9.95. The molecule has 0 aromatic rings. The first-order valence-corrected chi connectivity index (χ1v) is 6.96. The molecule has 1 aliphatic rings. The van der Waals surface area contributed by atoms with Crippen LogP contribution in [0.2, 0.25) is 0 Å². The lowest BCUT2D eigenvalue weighted by Gasteiger charge is -2.22. The van der Waals surface area contributed by atoms with Crippen molar-refractivity contribution in [2.45, 2.75) is 51.5 Å². The van der Waals surface area contributed by atoms with Crippen LogP contribution in [0.4, 0.5) is 0 Å². The molecule has 1 saturated carbocycles. The molecule has 0 saturated heterocycles. The van der Waals surface area contributed by atoms with Crippen molar-refractivity contribution in [2.24, 2.45) is 0 Å². The molecule has 104 valence electrons. The van der Waals surface area contributed by atoms with E-state index in [4.69, 9.17) is 0 Å². The fraction of sp³-hybridized carbons (Fsp3) is 0.786. The number of ether oxygens (including phenoxy) is 1. The summed E-state index contributed by atoms with van der Waals surface area (Å²) in [6, 6.07) is 0.727. The largest absolute Gasteiger partial charge is 0.466 e. The molecule has 0 heterocycles. The van der Waals surface area contributed by atoms with Gasteiger partial charge in [-0.25, -0.2) is 4.79 Å². The summed E-state index contributed by atoms with van der Waals surface area (Å²) >= 11 is 0. The summed E-state index contributed by atoms with van der Waals surface area (Å²) in [5.74, 6) is -0.305. The molecule has 1 fully saturated rings. The normalized spacial score (nSPS) is 17.6. The Morgan fingerprint density at radius 1 is 1.28 bits per heavy atom. The minimum Gasteiger partial charge on any atom is -0.466 e. The number of rotatable bonds is 7. The Hall–Kier alpha value is -1.03. The standard InChI is InChI=1S/C14H26N2O2/c1-12(11-14(17)18-2)15-9-6-10-16-13-7-4-3-5-8-13/h11,13,15-16H,3-10H2,1-2H3/b12-11-. The Kier molecular flexibility index (Phi) is 7.49. The first-order valence-electron chi connectivity index (χ1n) is 6.96. The highest BCUT2D eigenvalue weighted by atomic mass is 16.5. The van der Waals surface area contributed by atoms with Crippen molar-refractivity contribution in [2.75, 3.05) is 20.2 Å². The fourth-order valence-corrected chi connectivity index (χ4v) is 2.27. The average Bonchev–Trinajstić information content (AvgIpc) is 2.39. The van der Waals surface area contributed by atoms with Crippen molar-refractivity contribution in [3.05, 3.63) is 11.8 Å². The predicted octanol–water partition coefficient (Wildman–Crippen LogP) is 1.97. The summed E-state index contributed by atoms with van der Waals surface area (Å²) < 4.78 is 4.56. The van der Waals surface area contributed by atoms with Crippen LogP contribution in [0.3, 0.4) is 0 Å². The third-order valence-corrected chi connectivity index (χ3v) is 3.33. The number of hydrogen-bond donors (Lipinski definition) is 2. The molecule has 4 nitrogen and oxygen atoms in total. The van der Waals surface area contributed by atoms with Gasteiger partial charge in [-0.1, -0.05) is 19.3 Å². The molecule has 1 aliphatic carbocycles. The molecular formula is C14H26N2O2. The van der Waals surface area contributed by atoms with Gasteiger partial charge in [-0.2, -0.15) is 0 Å². The SMILES string of the molecule is COC(=O)/C=C(/C)NCCCNC1CCCCC1. The zero-order valence-electron chi connectivity index (χ0n) is 11.6. The van der Waals surface area contributed by atoms with E-state index in [1.54, 1.807) is 0 Å². The van der Waals surface area contributed by atoms with E-state index >= 15 is 0 Å². The van der Waals surface area contributed by atoms with Crippen molar-refractivity contribution in [1.29, 1.82) is 0 Å². The molecule has 2 N–H and O–H groups in total. The van der Waals surface area contributed by atoms with Gasteiger partial charge in [-0.15, -0.1) is 0 Å². The Labute approximate surface area is 110 Å². The Balaban J connectivity index is 2.00. The molecule has 1 rings (SSSR count). The minimum atomic E-state index is -0.305. The number of allylic oxidation sites excluding steroid dienone is 1. The molecule has 0 aliphatic heterocycles. The Morgan fingerprint density at radius 2 is 2.00 bits per heavy atom. The zero-order chi connectivity index (χ0) is 13.2. The van der Waals surface area contributed by atoms with Crippen molar-refractivity contribution in [1.82, 2.24) is 10.6 Å². The number of methoxy groups -OCH3 is 1. The third kappa shape index (κ3) is 6.64. The number of carbonyl (C=O) groups excluding carboxylic acids is 1. The summed E-state index contributed by atoms with van der Waals surface area (Å²) in [5, 5.41) is 6.80. The quantitative estimate of drug-likeness (QED) is 0.414. The van der Waals surface area contributed by atoms with Crippen LogP contribution in [-0.2, 0) is 9.53 Å². The maximum Gasteiger partial charge on any atom is 0.332 e. The van der Waals surface area contributed by atoms with Crippen LogP contribution in [0.5, 0.6) is 0 Å². The molecule has 0 bridgehead atoms. The molecular weight excluding hydrogens is 228 g/mol. The molecule has 0 aromatic heterocycles. The number of nitrogens with one attached hydrogen (secondary N) is 2. The summed E-state index contributed by atoms with van der Waals surface area (Å²) in [7, 11) is 1.39. The van der Waals surface area contributed by atoms with E-state index in [1.807, 2.05) is 6.92 Å². The Morgan fingerprint density at radius 3 is 2.67 bits per heavy atom. The van der Waals surface area contributed by atoms with Gasteiger partial charge < -0.3 is 15.4 Å². The van der Waals surface area contributed by atoms with Gasteiger partial charge in [0, 0.05) is 24.4 Å². The molecule has 4 heteroatoms. The second-order valence-electron chi connectivity index (χ2n) is 4.92.